The normalized spacial score (nSPS) is 16.6. The largest absolute Gasteiger partial charge is 0.493 e. The summed E-state index contributed by atoms with van der Waals surface area (Å²) in [7, 11) is 1.56. The summed E-state index contributed by atoms with van der Waals surface area (Å²) in [6.07, 6.45) is 2.66. The third-order valence-corrected chi connectivity index (χ3v) is 8.29. The van der Waals surface area contributed by atoms with Gasteiger partial charge in [0.2, 0.25) is 5.17 Å². The quantitative estimate of drug-likeness (QED) is 0.228. The maximum Gasteiger partial charge on any atom is 0.283 e. The molecule has 0 fully saturated rings. The first-order valence-corrected chi connectivity index (χ1v) is 14.2. The van der Waals surface area contributed by atoms with Gasteiger partial charge in [-0.15, -0.1) is 11.3 Å². The highest BCUT2D eigenvalue weighted by Gasteiger charge is 2.36. The highest BCUT2D eigenvalue weighted by atomic mass is 32.2. The molecule has 0 radical (unpaired) electrons. The van der Waals surface area contributed by atoms with Crippen molar-refractivity contribution in [3.63, 3.8) is 0 Å². The molecular formula is C29H28N4O4S2. The summed E-state index contributed by atoms with van der Waals surface area (Å²) in [5.41, 5.74) is 2.02. The average molecular weight is 561 g/mol. The number of benzene rings is 2. The number of thiophene rings is 1. The van der Waals surface area contributed by atoms with Crippen LogP contribution in [0.25, 0.3) is 6.08 Å². The van der Waals surface area contributed by atoms with E-state index in [0.29, 0.717) is 41.4 Å². The number of hydrogen-bond acceptors (Lipinski definition) is 8. The van der Waals surface area contributed by atoms with Crippen LogP contribution in [0.5, 0.6) is 17.2 Å². The number of thioether (sulfide) groups is 1. The molecule has 0 saturated heterocycles. The zero-order chi connectivity index (χ0) is 27.4. The van der Waals surface area contributed by atoms with Crippen LogP contribution in [0.4, 0.5) is 0 Å². The lowest BCUT2D eigenvalue weighted by atomic mass is 9.98. The van der Waals surface area contributed by atoms with Crippen molar-refractivity contribution in [2.75, 3.05) is 20.3 Å². The van der Waals surface area contributed by atoms with Crippen LogP contribution in [0.15, 0.2) is 75.6 Å². The Morgan fingerprint density at radius 3 is 2.59 bits per heavy atom. The first-order chi connectivity index (χ1) is 19.0. The van der Waals surface area contributed by atoms with Crippen LogP contribution in [-0.4, -0.2) is 47.3 Å². The topological polar surface area (TPSA) is 96.6 Å². The second-order valence-electron chi connectivity index (χ2n) is 8.86. The van der Waals surface area contributed by atoms with E-state index in [4.69, 9.17) is 19.6 Å². The van der Waals surface area contributed by atoms with Gasteiger partial charge in [-0.1, -0.05) is 44.2 Å². The number of aliphatic imine (C=N–C) groups is 1. The molecule has 1 aromatic heterocycles. The van der Waals surface area contributed by atoms with Crippen molar-refractivity contribution in [1.82, 2.24) is 5.01 Å². The van der Waals surface area contributed by atoms with E-state index in [1.165, 1.54) is 22.3 Å². The van der Waals surface area contributed by atoms with E-state index in [9.17, 15) is 4.79 Å². The molecule has 2 aromatic carbocycles. The summed E-state index contributed by atoms with van der Waals surface area (Å²) in [5, 5.41) is 17.6. The van der Waals surface area contributed by atoms with E-state index < -0.39 is 5.91 Å². The van der Waals surface area contributed by atoms with Gasteiger partial charge in [0.1, 0.15) is 24.0 Å². The summed E-state index contributed by atoms with van der Waals surface area (Å²) >= 11 is 2.84. The molecule has 39 heavy (non-hydrogen) atoms. The molecule has 3 aromatic rings. The van der Waals surface area contributed by atoms with E-state index in [1.807, 2.05) is 41.8 Å². The molecule has 2 aliphatic heterocycles. The number of fused-ring (bicyclic) bond motifs is 1. The van der Waals surface area contributed by atoms with Gasteiger partial charge >= 0.3 is 0 Å². The highest BCUT2D eigenvalue weighted by molar-refractivity contribution is 8.27. The van der Waals surface area contributed by atoms with Crippen molar-refractivity contribution in [3.05, 3.63) is 81.6 Å². The summed E-state index contributed by atoms with van der Waals surface area (Å²) in [6.45, 7) is 5.07. The lowest BCUT2D eigenvalue weighted by molar-refractivity contribution is -0.114. The number of nitrogens with zero attached hydrogens (tertiary/aromatic N) is 3. The molecule has 0 spiro atoms. The Bertz CT molecular complexity index is 1480. The fourth-order valence-electron chi connectivity index (χ4n) is 4.09. The van der Waals surface area contributed by atoms with Gasteiger partial charge < -0.3 is 14.2 Å². The Morgan fingerprint density at radius 2 is 1.85 bits per heavy atom. The molecule has 2 aliphatic rings. The van der Waals surface area contributed by atoms with Gasteiger partial charge in [-0.05, 0) is 70.9 Å². The second kappa shape index (κ2) is 11.9. The summed E-state index contributed by atoms with van der Waals surface area (Å²) < 4.78 is 17.5. The third-order valence-electron chi connectivity index (χ3n) is 6.35. The van der Waals surface area contributed by atoms with Crippen LogP contribution < -0.4 is 14.2 Å². The summed E-state index contributed by atoms with van der Waals surface area (Å²) in [5.74, 6) is 1.87. The monoisotopic (exact) mass is 560 g/mol. The molecule has 1 amide bonds. The van der Waals surface area contributed by atoms with Crippen LogP contribution in [0.3, 0.4) is 0 Å². The van der Waals surface area contributed by atoms with E-state index in [1.54, 1.807) is 36.7 Å². The number of carbonyl (C=O) groups is 1. The van der Waals surface area contributed by atoms with E-state index in [2.05, 4.69) is 30.0 Å². The number of amides is 1. The zero-order valence-electron chi connectivity index (χ0n) is 21.8. The number of amidine groups is 2. The van der Waals surface area contributed by atoms with Gasteiger partial charge in [0.05, 0.1) is 17.6 Å². The molecular weight excluding hydrogens is 532 g/mol. The Labute approximate surface area is 235 Å². The van der Waals surface area contributed by atoms with Crippen LogP contribution in [0.2, 0.25) is 0 Å². The lowest BCUT2D eigenvalue weighted by Gasteiger charge is -2.20. The van der Waals surface area contributed by atoms with Gasteiger partial charge in [-0.25, -0.2) is 0 Å². The fraction of sp³-hybridized carbons (Fsp3) is 0.241. The van der Waals surface area contributed by atoms with Gasteiger partial charge in [-0.2, -0.15) is 15.1 Å². The maximum absolute atomic E-state index is 12.8. The predicted octanol–water partition coefficient (Wildman–Crippen LogP) is 6.40. The minimum Gasteiger partial charge on any atom is -0.493 e. The standard InChI is InChI=1S/C29H28N4O4S2/c1-4-18(2)20-8-5-6-9-22(20)36-13-14-37-23-12-11-19(17-24(23)35-3)16-21-26(30)33-29(31-27(21)34)39-28(32-33)25-10-7-15-38-25/h5-12,15-18,30H,4,13-14H2,1-3H3. The molecule has 1 unspecified atom stereocenters. The van der Waals surface area contributed by atoms with Crippen LogP contribution in [0.1, 0.15) is 42.2 Å². The fourth-order valence-corrected chi connectivity index (χ4v) is 5.78. The number of para-hydroxylation sites is 1. The zero-order valence-corrected chi connectivity index (χ0v) is 23.5. The maximum atomic E-state index is 12.8. The average Bonchev–Trinajstić information content (AvgIpc) is 3.64. The second-order valence-corrected chi connectivity index (χ2v) is 10.8. The molecule has 1 N–H and O–H groups in total. The Balaban J connectivity index is 1.26. The number of nitrogens with one attached hydrogen (secondary N) is 1. The smallest absolute Gasteiger partial charge is 0.283 e. The molecule has 1 atom stereocenters. The number of carbonyl (C=O) groups excluding carboxylic acids is 1. The highest BCUT2D eigenvalue weighted by Crippen LogP contribution is 2.34. The molecule has 0 aliphatic carbocycles. The number of rotatable bonds is 10. The van der Waals surface area contributed by atoms with Crippen LogP contribution in [-0.2, 0) is 4.79 Å². The Hall–Kier alpha value is -3.89. The lowest BCUT2D eigenvalue weighted by Crippen LogP contribution is -2.35. The molecule has 0 bridgehead atoms. The molecule has 10 heteroatoms. The Morgan fingerprint density at radius 1 is 1.05 bits per heavy atom. The minimum absolute atomic E-state index is 0.0156. The van der Waals surface area contributed by atoms with E-state index >= 15 is 0 Å². The number of ether oxygens (including phenoxy) is 3. The molecule has 5 rings (SSSR count). The molecule has 8 nitrogen and oxygen atoms in total. The van der Waals surface area contributed by atoms with Crippen LogP contribution in [0, 0.1) is 5.41 Å². The minimum atomic E-state index is -0.476. The van der Waals surface area contributed by atoms with Crippen molar-refractivity contribution in [1.29, 1.82) is 5.41 Å². The molecule has 3 heterocycles. The van der Waals surface area contributed by atoms with Crippen molar-refractivity contribution >= 4 is 51.1 Å². The van der Waals surface area contributed by atoms with Crippen LogP contribution >= 0.6 is 23.1 Å². The molecule has 200 valence electrons. The van der Waals surface area contributed by atoms with Crippen molar-refractivity contribution in [2.24, 2.45) is 10.1 Å². The molecule has 0 saturated carbocycles. The summed E-state index contributed by atoms with van der Waals surface area (Å²) in [6, 6.07) is 17.3. The predicted molar refractivity (Wildman–Crippen MR) is 158 cm³/mol. The number of hydrazone groups is 1. The number of hydrogen-bond donors (Lipinski definition) is 1. The van der Waals surface area contributed by atoms with E-state index in [0.717, 1.165) is 22.1 Å². The van der Waals surface area contributed by atoms with Gasteiger partial charge in [0, 0.05) is 0 Å². The number of methoxy groups -OCH3 is 1. The third kappa shape index (κ3) is 5.76. The van der Waals surface area contributed by atoms with Crippen molar-refractivity contribution in [2.45, 2.75) is 26.2 Å². The van der Waals surface area contributed by atoms with E-state index in [-0.39, 0.29) is 11.4 Å². The first kappa shape index (κ1) is 26.7. The van der Waals surface area contributed by atoms with Gasteiger partial charge in [0.15, 0.2) is 17.3 Å². The first-order valence-electron chi connectivity index (χ1n) is 12.5. The summed E-state index contributed by atoms with van der Waals surface area (Å²) in [4.78, 5) is 17.9. The van der Waals surface area contributed by atoms with Gasteiger partial charge in [-0.3, -0.25) is 10.2 Å². The van der Waals surface area contributed by atoms with Crippen molar-refractivity contribution < 1.29 is 19.0 Å². The van der Waals surface area contributed by atoms with Crippen molar-refractivity contribution in [3.8, 4) is 17.2 Å². The van der Waals surface area contributed by atoms with Gasteiger partial charge in [0.25, 0.3) is 5.91 Å². The Kier molecular flexibility index (Phi) is 8.13. The SMILES string of the molecule is CCC(C)c1ccccc1OCCOc1ccc(C=C2C(=N)N3N=C(c4cccs4)SC3=NC2=O)cc1OC.